The molecule has 15 heavy (non-hydrogen) atoms. The van der Waals surface area contributed by atoms with Gasteiger partial charge in [0.1, 0.15) is 0 Å². The molecule has 0 aromatic carbocycles. The Morgan fingerprint density at radius 3 is 2.40 bits per heavy atom. The molecule has 1 heteroatoms. The highest BCUT2D eigenvalue weighted by atomic mass is 15.0. The standard InChI is InChI=1S/C14H17N/c1-9-4-5-13-11(6-9)12-7-10(2)8-14(12)15(13)3/h6-7H,4-5,8H2,1-3H3. The molecule has 0 bridgehead atoms. The Morgan fingerprint density at radius 2 is 1.60 bits per heavy atom. The number of rotatable bonds is 0. The second-order valence-electron chi connectivity index (χ2n) is 4.94. The van der Waals surface area contributed by atoms with E-state index in [-0.39, 0.29) is 0 Å². The largest absolute Gasteiger partial charge is 0.350 e. The smallest absolute Gasteiger partial charge is 0.0294 e. The molecule has 0 saturated heterocycles. The molecule has 0 spiro atoms. The van der Waals surface area contributed by atoms with E-state index in [1.165, 1.54) is 46.5 Å². The monoisotopic (exact) mass is 199 g/mol. The average molecular weight is 199 g/mol. The molecule has 0 fully saturated rings. The third-order valence-electron chi connectivity index (χ3n) is 3.71. The van der Waals surface area contributed by atoms with Gasteiger partial charge in [0.15, 0.2) is 0 Å². The second kappa shape index (κ2) is 2.88. The summed E-state index contributed by atoms with van der Waals surface area (Å²) in [4.78, 5) is 0. The number of hydrogen-bond acceptors (Lipinski definition) is 0. The molecule has 0 atom stereocenters. The Hall–Kier alpha value is -1.24. The Bertz CT molecular complexity index is 498. The summed E-state index contributed by atoms with van der Waals surface area (Å²) in [5.41, 5.74) is 9.05. The molecule has 78 valence electrons. The van der Waals surface area contributed by atoms with Crippen molar-refractivity contribution in [3.8, 4) is 0 Å². The lowest BCUT2D eigenvalue weighted by atomic mass is 9.96. The van der Waals surface area contributed by atoms with Crippen molar-refractivity contribution in [1.29, 1.82) is 0 Å². The van der Waals surface area contributed by atoms with E-state index in [1.807, 2.05) is 0 Å². The number of nitrogens with zero attached hydrogens (tertiary/aromatic N) is 1. The van der Waals surface area contributed by atoms with Gasteiger partial charge in [0, 0.05) is 36.0 Å². The molecule has 2 aliphatic carbocycles. The fraction of sp³-hybridized carbons (Fsp3) is 0.429. The highest BCUT2D eigenvalue weighted by Gasteiger charge is 2.23. The minimum Gasteiger partial charge on any atom is -0.350 e. The number of aromatic nitrogens is 1. The van der Waals surface area contributed by atoms with Gasteiger partial charge < -0.3 is 4.57 Å². The van der Waals surface area contributed by atoms with Crippen molar-refractivity contribution in [3.63, 3.8) is 0 Å². The lowest BCUT2D eigenvalue weighted by Gasteiger charge is -2.13. The molecule has 1 heterocycles. The summed E-state index contributed by atoms with van der Waals surface area (Å²) in [6.45, 7) is 4.47. The van der Waals surface area contributed by atoms with Gasteiger partial charge in [0.05, 0.1) is 0 Å². The van der Waals surface area contributed by atoms with Crippen LogP contribution in [0.4, 0.5) is 0 Å². The molecule has 0 saturated carbocycles. The van der Waals surface area contributed by atoms with Crippen LogP contribution in [-0.4, -0.2) is 4.57 Å². The molecule has 3 rings (SSSR count). The Labute approximate surface area is 91.1 Å². The molecule has 0 amide bonds. The van der Waals surface area contributed by atoms with Crippen LogP contribution in [0.3, 0.4) is 0 Å². The van der Waals surface area contributed by atoms with E-state index in [0.717, 1.165) is 6.42 Å². The summed E-state index contributed by atoms with van der Waals surface area (Å²) in [6, 6.07) is 0. The van der Waals surface area contributed by atoms with Gasteiger partial charge in [0.2, 0.25) is 0 Å². The molecule has 1 aromatic rings. The van der Waals surface area contributed by atoms with Gasteiger partial charge in [-0.05, 0) is 26.7 Å². The van der Waals surface area contributed by atoms with Crippen LogP contribution in [0.15, 0.2) is 11.1 Å². The van der Waals surface area contributed by atoms with Gasteiger partial charge in [-0.15, -0.1) is 0 Å². The SMILES string of the molecule is CC1=Cc2c3c(n(C)c2CC1)CC(C)=C3. The van der Waals surface area contributed by atoms with E-state index in [9.17, 15) is 0 Å². The zero-order chi connectivity index (χ0) is 10.6. The predicted octanol–water partition coefficient (Wildman–Crippen LogP) is 3.33. The lowest BCUT2D eigenvalue weighted by molar-refractivity contribution is 0.757. The zero-order valence-electron chi connectivity index (χ0n) is 9.72. The zero-order valence-corrected chi connectivity index (χ0v) is 9.72. The number of fused-ring (bicyclic) bond motifs is 3. The van der Waals surface area contributed by atoms with E-state index in [0.29, 0.717) is 0 Å². The van der Waals surface area contributed by atoms with Crippen molar-refractivity contribution < 1.29 is 0 Å². The quantitative estimate of drug-likeness (QED) is 0.604. The summed E-state index contributed by atoms with van der Waals surface area (Å²) >= 11 is 0. The van der Waals surface area contributed by atoms with Crippen molar-refractivity contribution in [3.05, 3.63) is 33.7 Å². The summed E-state index contributed by atoms with van der Waals surface area (Å²) in [5, 5.41) is 0. The maximum atomic E-state index is 2.42. The summed E-state index contributed by atoms with van der Waals surface area (Å²) in [5.74, 6) is 0. The summed E-state index contributed by atoms with van der Waals surface area (Å²) < 4.78 is 2.42. The molecule has 0 aliphatic heterocycles. The topological polar surface area (TPSA) is 4.93 Å². The van der Waals surface area contributed by atoms with E-state index in [1.54, 1.807) is 0 Å². The summed E-state index contributed by atoms with van der Waals surface area (Å²) in [7, 11) is 2.22. The van der Waals surface area contributed by atoms with Crippen LogP contribution in [0.5, 0.6) is 0 Å². The number of hydrogen-bond donors (Lipinski definition) is 0. The predicted molar refractivity (Wildman–Crippen MR) is 64.7 cm³/mol. The van der Waals surface area contributed by atoms with Crippen LogP contribution < -0.4 is 0 Å². The molecule has 0 radical (unpaired) electrons. The summed E-state index contributed by atoms with van der Waals surface area (Å²) in [6.07, 6.45) is 8.34. The third kappa shape index (κ3) is 1.16. The highest BCUT2D eigenvalue weighted by molar-refractivity contribution is 5.76. The van der Waals surface area contributed by atoms with E-state index < -0.39 is 0 Å². The van der Waals surface area contributed by atoms with Crippen LogP contribution in [-0.2, 0) is 19.9 Å². The maximum Gasteiger partial charge on any atom is 0.0294 e. The van der Waals surface area contributed by atoms with Crippen LogP contribution in [0.25, 0.3) is 12.2 Å². The highest BCUT2D eigenvalue weighted by Crippen LogP contribution is 2.36. The van der Waals surface area contributed by atoms with Gasteiger partial charge in [-0.2, -0.15) is 0 Å². The van der Waals surface area contributed by atoms with Gasteiger partial charge in [-0.1, -0.05) is 23.3 Å². The van der Waals surface area contributed by atoms with Crippen LogP contribution in [0.1, 0.15) is 42.8 Å². The molecular weight excluding hydrogens is 182 g/mol. The molecule has 1 nitrogen and oxygen atoms in total. The molecule has 2 aliphatic rings. The third-order valence-corrected chi connectivity index (χ3v) is 3.71. The minimum absolute atomic E-state index is 1.14. The molecule has 1 aromatic heterocycles. The van der Waals surface area contributed by atoms with E-state index >= 15 is 0 Å². The normalized spacial score (nSPS) is 18.3. The number of allylic oxidation sites excluding steroid dienone is 2. The minimum atomic E-state index is 1.14. The van der Waals surface area contributed by atoms with Gasteiger partial charge in [-0.3, -0.25) is 0 Å². The first-order valence-corrected chi connectivity index (χ1v) is 5.71. The Morgan fingerprint density at radius 1 is 0.933 bits per heavy atom. The van der Waals surface area contributed by atoms with Crippen LogP contribution in [0.2, 0.25) is 0 Å². The second-order valence-corrected chi connectivity index (χ2v) is 4.94. The van der Waals surface area contributed by atoms with Gasteiger partial charge >= 0.3 is 0 Å². The Balaban J connectivity index is 2.27. The van der Waals surface area contributed by atoms with Gasteiger partial charge in [0.25, 0.3) is 0 Å². The molecule has 0 N–H and O–H groups in total. The van der Waals surface area contributed by atoms with E-state index in [2.05, 4.69) is 37.6 Å². The van der Waals surface area contributed by atoms with Crippen LogP contribution >= 0.6 is 0 Å². The van der Waals surface area contributed by atoms with Gasteiger partial charge in [-0.25, -0.2) is 0 Å². The fourth-order valence-corrected chi connectivity index (χ4v) is 2.87. The van der Waals surface area contributed by atoms with Crippen molar-refractivity contribution >= 4 is 12.2 Å². The fourth-order valence-electron chi connectivity index (χ4n) is 2.87. The lowest BCUT2D eigenvalue weighted by Crippen LogP contribution is -2.04. The Kier molecular flexibility index (Phi) is 1.73. The van der Waals surface area contributed by atoms with Crippen molar-refractivity contribution in [2.45, 2.75) is 33.1 Å². The van der Waals surface area contributed by atoms with Crippen molar-refractivity contribution in [2.75, 3.05) is 0 Å². The maximum absolute atomic E-state index is 2.42. The van der Waals surface area contributed by atoms with Crippen LogP contribution in [0, 0.1) is 0 Å². The first-order valence-electron chi connectivity index (χ1n) is 5.71. The van der Waals surface area contributed by atoms with E-state index in [4.69, 9.17) is 0 Å². The first kappa shape index (κ1) is 9.02. The van der Waals surface area contributed by atoms with Crippen molar-refractivity contribution in [1.82, 2.24) is 4.57 Å². The average Bonchev–Trinajstić information content (AvgIpc) is 2.67. The molecular formula is C14H17N. The first-order chi connectivity index (χ1) is 7.16. The van der Waals surface area contributed by atoms with Crippen molar-refractivity contribution in [2.24, 2.45) is 7.05 Å². The molecule has 0 unspecified atom stereocenters.